The lowest BCUT2D eigenvalue weighted by Gasteiger charge is -2.35. The number of piperazine rings is 1. The fourth-order valence-corrected chi connectivity index (χ4v) is 6.23. The third-order valence-corrected chi connectivity index (χ3v) is 8.42. The van der Waals surface area contributed by atoms with Gasteiger partial charge in [-0.1, -0.05) is 18.2 Å². The molecule has 3 heterocycles. The van der Waals surface area contributed by atoms with Crippen LogP contribution < -0.4 is 14.4 Å². The van der Waals surface area contributed by atoms with E-state index in [9.17, 15) is 13.2 Å². The van der Waals surface area contributed by atoms with Gasteiger partial charge < -0.3 is 14.4 Å². The molecule has 0 N–H and O–H groups in total. The van der Waals surface area contributed by atoms with Crippen LogP contribution in [0.1, 0.15) is 18.9 Å². The van der Waals surface area contributed by atoms with Gasteiger partial charge in [-0.15, -0.1) is 0 Å². The quantitative estimate of drug-likeness (QED) is 0.680. The van der Waals surface area contributed by atoms with Crippen LogP contribution in [0, 0.1) is 0 Å². The molecular weight excluding hydrogens is 442 g/mol. The number of rotatable bonds is 4. The molecular formula is C24H29N3O5S. The smallest absolute Gasteiger partial charge is 0.243 e. The monoisotopic (exact) mass is 471 g/mol. The van der Waals surface area contributed by atoms with E-state index in [4.69, 9.17) is 9.47 Å². The number of anilines is 1. The van der Waals surface area contributed by atoms with E-state index in [1.807, 2.05) is 28.0 Å². The molecule has 0 aromatic heterocycles. The maximum absolute atomic E-state index is 13.2. The maximum atomic E-state index is 13.2. The largest absolute Gasteiger partial charge is 0.490 e. The molecule has 1 amide bonds. The first kappa shape index (κ1) is 22.2. The van der Waals surface area contributed by atoms with Crippen LogP contribution in [0.15, 0.2) is 47.4 Å². The SMILES string of the molecule is C[C@@H]1Cc2ccccc2N1C(=O)CN1CCN(S(=O)(=O)c2ccc3c(c2)OCCCO3)CC1. The third-order valence-electron chi connectivity index (χ3n) is 6.52. The summed E-state index contributed by atoms with van der Waals surface area (Å²) >= 11 is 0. The third kappa shape index (κ3) is 4.32. The van der Waals surface area contributed by atoms with Crippen LogP contribution in [0.5, 0.6) is 11.5 Å². The molecule has 0 aliphatic carbocycles. The van der Waals surface area contributed by atoms with Gasteiger partial charge in [0.15, 0.2) is 11.5 Å². The number of nitrogens with zero attached hydrogens (tertiary/aromatic N) is 3. The normalized spacial score (nSPS) is 21.5. The zero-order valence-corrected chi connectivity index (χ0v) is 19.6. The van der Waals surface area contributed by atoms with Crippen LogP contribution in [-0.2, 0) is 21.2 Å². The van der Waals surface area contributed by atoms with Crippen LogP contribution in [0.2, 0.25) is 0 Å². The van der Waals surface area contributed by atoms with Gasteiger partial charge in [-0.25, -0.2) is 8.42 Å². The van der Waals surface area contributed by atoms with E-state index < -0.39 is 10.0 Å². The van der Waals surface area contributed by atoms with E-state index in [1.165, 1.54) is 9.87 Å². The topological polar surface area (TPSA) is 79.4 Å². The highest BCUT2D eigenvalue weighted by atomic mass is 32.2. The summed E-state index contributed by atoms with van der Waals surface area (Å²) in [7, 11) is -3.65. The molecule has 33 heavy (non-hydrogen) atoms. The summed E-state index contributed by atoms with van der Waals surface area (Å²) in [6.07, 6.45) is 1.63. The van der Waals surface area contributed by atoms with Gasteiger partial charge in [-0.3, -0.25) is 9.69 Å². The molecule has 8 nitrogen and oxygen atoms in total. The Kier molecular flexibility index (Phi) is 6.03. The molecule has 5 rings (SSSR count). The Balaban J connectivity index is 1.22. The summed E-state index contributed by atoms with van der Waals surface area (Å²) in [6.45, 7) is 5.13. The summed E-state index contributed by atoms with van der Waals surface area (Å²) in [5.74, 6) is 1.11. The number of benzene rings is 2. The first-order chi connectivity index (χ1) is 15.9. The van der Waals surface area contributed by atoms with Crippen LogP contribution in [-0.4, -0.2) is 75.5 Å². The van der Waals surface area contributed by atoms with Crippen LogP contribution >= 0.6 is 0 Å². The van der Waals surface area contributed by atoms with Gasteiger partial charge in [-0.05, 0) is 37.1 Å². The number of para-hydroxylation sites is 1. The van der Waals surface area contributed by atoms with Gasteiger partial charge in [0.25, 0.3) is 0 Å². The standard InChI is InChI=1S/C24H29N3O5S/c1-18-15-19-5-2-3-6-21(19)27(18)24(28)17-25-9-11-26(12-10-25)33(29,30)20-7-8-22-23(16-20)32-14-4-13-31-22/h2-3,5-8,16,18H,4,9-15,17H2,1H3/t18-/m1/s1. The fourth-order valence-electron chi connectivity index (χ4n) is 4.79. The summed E-state index contributed by atoms with van der Waals surface area (Å²) in [4.78, 5) is 17.2. The van der Waals surface area contributed by atoms with Crippen LogP contribution in [0.4, 0.5) is 5.69 Å². The lowest BCUT2D eigenvalue weighted by Crippen LogP contribution is -2.52. The molecule has 1 atom stereocenters. The van der Waals surface area contributed by atoms with Gasteiger partial charge in [0, 0.05) is 50.4 Å². The molecule has 1 saturated heterocycles. The summed E-state index contributed by atoms with van der Waals surface area (Å²) in [5.41, 5.74) is 2.19. The van der Waals surface area contributed by atoms with Crippen LogP contribution in [0.3, 0.4) is 0 Å². The van der Waals surface area contributed by atoms with Gasteiger partial charge in [0.2, 0.25) is 15.9 Å². The Morgan fingerprint density at radius 2 is 1.73 bits per heavy atom. The zero-order valence-electron chi connectivity index (χ0n) is 18.8. The first-order valence-electron chi connectivity index (χ1n) is 11.5. The Morgan fingerprint density at radius 3 is 2.52 bits per heavy atom. The van der Waals surface area contributed by atoms with Crippen molar-refractivity contribution in [3.05, 3.63) is 48.0 Å². The van der Waals surface area contributed by atoms with Crippen molar-refractivity contribution in [2.45, 2.75) is 30.7 Å². The second kappa shape index (κ2) is 8.96. The zero-order chi connectivity index (χ0) is 23.0. The molecule has 0 spiro atoms. The molecule has 0 unspecified atom stereocenters. The lowest BCUT2D eigenvalue weighted by atomic mass is 10.1. The summed E-state index contributed by atoms with van der Waals surface area (Å²) in [6, 6.07) is 13.0. The number of carbonyl (C=O) groups excluding carboxylic acids is 1. The van der Waals surface area contributed by atoms with Crippen molar-refractivity contribution >= 4 is 21.6 Å². The molecule has 0 bridgehead atoms. The van der Waals surface area contributed by atoms with Crippen molar-refractivity contribution < 1.29 is 22.7 Å². The average Bonchev–Trinajstić information content (AvgIpc) is 2.98. The highest BCUT2D eigenvalue weighted by Crippen LogP contribution is 2.34. The summed E-state index contributed by atoms with van der Waals surface area (Å²) in [5, 5.41) is 0. The molecule has 2 aromatic rings. The minimum atomic E-state index is -3.65. The van der Waals surface area contributed by atoms with E-state index >= 15 is 0 Å². The maximum Gasteiger partial charge on any atom is 0.243 e. The highest BCUT2D eigenvalue weighted by molar-refractivity contribution is 7.89. The van der Waals surface area contributed by atoms with Crippen molar-refractivity contribution in [2.75, 3.05) is 50.8 Å². The summed E-state index contributed by atoms with van der Waals surface area (Å²) < 4.78 is 39.2. The molecule has 1 fully saturated rings. The van der Waals surface area contributed by atoms with E-state index in [-0.39, 0.29) is 23.4 Å². The van der Waals surface area contributed by atoms with Crippen molar-refractivity contribution in [3.8, 4) is 11.5 Å². The predicted octanol–water partition coefficient (Wildman–Crippen LogP) is 2.13. The van der Waals surface area contributed by atoms with E-state index in [1.54, 1.807) is 18.2 Å². The lowest BCUT2D eigenvalue weighted by molar-refractivity contribution is -0.120. The van der Waals surface area contributed by atoms with Crippen molar-refractivity contribution in [1.82, 2.24) is 9.21 Å². The number of hydrogen-bond acceptors (Lipinski definition) is 6. The number of hydrogen-bond donors (Lipinski definition) is 0. The number of ether oxygens (including phenoxy) is 2. The molecule has 3 aliphatic heterocycles. The van der Waals surface area contributed by atoms with Gasteiger partial charge in [0.1, 0.15) is 0 Å². The number of fused-ring (bicyclic) bond motifs is 2. The van der Waals surface area contributed by atoms with Gasteiger partial charge in [-0.2, -0.15) is 4.31 Å². The Morgan fingerprint density at radius 1 is 1.00 bits per heavy atom. The van der Waals surface area contributed by atoms with E-state index in [0.29, 0.717) is 50.9 Å². The Labute approximate surface area is 194 Å². The van der Waals surface area contributed by atoms with E-state index in [0.717, 1.165) is 18.5 Å². The first-order valence-corrected chi connectivity index (χ1v) is 12.9. The van der Waals surface area contributed by atoms with Gasteiger partial charge >= 0.3 is 0 Å². The second-order valence-electron chi connectivity index (χ2n) is 8.78. The fraction of sp³-hybridized carbons (Fsp3) is 0.458. The second-order valence-corrected chi connectivity index (χ2v) is 10.7. The van der Waals surface area contributed by atoms with Crippen LogP contribution in [0.25, 0.3) is 0 Å². The molecule has 176 valence electrons. The molecule has 9 heteroatoms. The number of sulfonamides is 1. The number of amides is 1. The minimum absolute atomic E-state index is 0.0617. The Bertz CT molecular complexity index is 1140. The number of carbonyl (C=O) groups is 1. The minimum Gasteiger partial charge on any atom is -0.490 e. The highest BCUT2D eigenvalue weighted by Gasteiger charge is 2.34. The average molecular weight is 472 g/mol. The van der Waals surface area contributed by atoms with Crippen molar-refractivity contribution in [1.29, 1.82) is 0 Å². The molecule has 2 aromatic carbocycles. The van der Waals surface area contributed by atoms with Crippen molar-refractivity contribution in [2.24, 2.45) is 0 Å². The molecule has 3 aliphatic rings. The van der Waals surface area contributed by atoms with E-state index in [2.05, 4.69) is 13.0 Å². The molecule has 0 radical (unpaired) electrons. The molecule has 0 saturated carbocycles. The van der Waals surface area contributed by atoms with Crippen molar-refractivity contribution in [3.63, 3.8) is 0 Å². The Hall–Kier alpha value is -2.62. The predicted molar refractivity (Wildman–Crippen MR) is 124 cm³/mol. The van der Waals surface area contributed by atoms with Gasteiger partial charge in [0.05, 0.1) is 24.7 Å².